The molecule has 0 spiro atoms. The first-order valence-electron chi connectivity index (χ1n) is 8.04. The summed E-state index contributed by atoms with van der Waals surface area (Å²) in [4.78, 5) is 11.9. The van der Waals surface area contributed by atoms with E-state index in [1.165, 1.54) is 5.56 Å². The number of ether oxygens (including phenoxy) is 2. The van der Waals surface area contributed by atoms with Gasteiger partial charge in [0.15, 0.2) is 0 Å². The van der Waals surface area contributed by atoms with Gasteiger partial charge in [0, 0.05) is 19.7 Å². The number of carbonyl (C=O) groups excluding carboxylic acids is 1. The minimum absolute atomic E-state index is 0.0128. The maximum Gasteiger partial charge on any atom is 0.249 e. The van der Waals surface area contributed by atoms with Crippen LogP contribution in [0.3, 0.4) is 0 Å². The van der Waals surface area contributed by atoms with Crippen molar-refractivity contribution in [3.63, 3.8) is 0 Å². The molecule has 5 nitrogen and oxygen atoms in total. The van der Waals surface area contributed by atoms with Crippen LogP contribution in [0.5, 0.6) is 0 Å². The third-order valence-electron chi connectivity index (χ3n) is 3.79. The maximum absolute atomic E-state index is 11.9. The van der Waals surface area contributed by atoms with Gasteiger partial charge in [0.2, 0.25) is 5.91 Å². The highest BCUT2D eigenvalue weighted by molar-refractivity contribution is 5.80. The SMILES string of the molecule is NC[C@H]1CC[C@@H](C(=O)NCCCCOCc2ccccc2)O1. The monoisotopic (exact) mass is 306 g/mol. The topological polar surface area (TPSA) is 73.6 Å². The van der Waals surface area contributed by atoms with Crippen LogP contribution in [-0.2, 0) is 20.9 Å². The fourth-order valence-electron chi connectivity index (χ4n) is 2.49. The van der Waals surface area contributed by atoms with Crippen molar-refractivity contribution in [2.75, 3.05) is 19.7 Å². The third-order valence-corrected chi connectivity index (χ3v) is 3.79. The van der Waals surface area contributed by atoms with Crippen LogP contribution in [0.2, 0.25) is 0 Å². The Morgan fingerprint density at radius 1 is 1.27 bits per heavy atom. The average molecular weight is 306 g/mol. The number of nitrogens with two attached hydrogens (primary N) is 1. The smallest absolute Gasteiger partial charge is 0.249 e. The van der Waals surface area contributed by atoms with Crippen molar-refractivity contribution in [1.29, 1.82) is 0 Å². The standard InChI is InChI=1S/C17H26N2O3/c18-12-15-8-9-16(22-15)17(20)19-10-4-5-11-21-13-14-6-2-1-3-7-14/h1-3,6-7,15-16H,4-5,8-13,18H2,(H,19,20)/t15-,16+/m1/s1. The lowest BCUT2D eigenvalue weighted by molar-refractivity contribution is -0.131. The Labute approximate surface area is 132 Å². The van der Waals surface area contributed by atoms with E-state index in [1.807, 2.05) is 18.2 Å². The molecular weight excluding hydrogens is 280 g/mol. The van der Waals surface area contributed by atoms with Gasteiger partial charge in [-0.2, -0.15) is 0 Å². The lowest BCUT2D eigenvalue weighted by atomic mass is 10.2. The summed E-state index contributed by atoms with van der Waals surface area (Å²) in [5.41, 5.74) is 6.72. The minimum atomic E-state index is -0.317. The molecule has 2 rings (SSSR count). The van der Waals surface area contributed by atoms with Crippen LogP contribution in [0.25, 0.3) is 0 Å². The Hall–Kier alpha value is -1.43. The van der Waals surface area contributed by atoms with Gasteiger partial charge in [0.05, 0.1) is 12.7 Å². The van der Waals surface area contributed by atoms with Gasteiger partial charge in [0.1, 0.15) is 6.10 Å². The molecule has 2 atom stereocenters. The molecule has 1 aromatic rings. The first-order chi connectivity index (χ1) is 10.8. The van der Waals surface area contributed by atoms with Gasteiger partial charge in [-0.15, -0.1) is 0 Å². The van der Waals surface area contributed by atoms with E-state index < -0.39 is 0 Å². The number of hydrogen-bond acceptors (Lipinski definition) is 4. The van der Waals surface area contributed by atoms with Crippen LogP contribution < -0.4 is 11.1 Å². The van der Waals surface area contributed by atoms with Crippen molar-refractivity contribution in [3.8, 4) is 0 Å². The molecule has 3 N–H and O–H groups in total. The van der Waals surface area contributed by atoms with Crippen molar-refractivity contribution in [3.05, 3.63) is 35.9 Å². The van der Waals surface area contributed by atoms with E-state index in [9.17, 15) is 4.79 Å². The molecule has 1 saturated heterocycles. The van der Waals surface area contributed by atoms with E-state index >= 15 is 0 Å². The first kappa shape index (κ1) is 16.9. The third kappa shape index (κ3) is 5.75. The molecule has 1 amide bonds. The predicted octanol–water partition coefficient (Wildman–Crippen LogP) is 1.61. The Bertz CT molecular complexity index is 439. The van der Waals surface area contributed by atoms with Gasteiger partial charge in [-0.25, -0.2) is 0 Å². The molecule has 1 fully saturated rings. The second-order valence-corrected chi connectivity index (χ2v) is 5.60. The molecule has 1 aliphatic rings. The van der Waals surface area contributed by atoms with Crippen molar-refractivity contribution in [2.45, 2.75) is 44.5 Å². The zero-order chi connectivity index (χ0) is 15.6. The molecular formula is C17H26N2O3. The highest BCUT2D eigenvalue weighted by Crippen LogP contribution is 2.18. The van der Waals surface area contributed by atoms with Crippen LogP contribution in [0.15, 0.2) is 30.3 Å². The lowest BCUT2D eigenvalue weighted by Gasteiger charge is -2.12. The van der Waals surface area contributed by atoms with Crippen molar-refractivity contribution < 1.29 is 14.3 Å². The molecule has 0 radical (unpaired) electrons. The Morgan fingerprint density at radius 3 is 2.82 bits per heavy atom. The molecule has 1 aliphatic heterocycles. The van der Waals surface area contributed by atoms with Gasteiger partial charge >= 0.3 is 0 Å². The number of hydrogen-bond donors (Lipinski definition) is 2. The molecule has 0 saturated carbocycles. The second-order valence-electron chi connectivity index (χ2n) is 5.60. The Kier molecular flexibility index (Phi) is 7.36. The van der Waals surface area contributed by atoms with Gasteiger partial charge in [0.25, 0.3) is 0 Å². The fraction of sp³-hybridized carbons (Fsp3) is 0.588. The summed E-state index contributed by atoms with van der Waals surface area (Å²) in [6, 6.07) is 10.1. The van der Waals surface area contributed by atoms with E-state index in [1.54, 1.807) is 0 Å². The number of benzene rings is 1. The maximum atomic E-state index is 11.9. The van der Waals surface area contributed by atoms with Crippen LogP contribution in [0.4, 0.5) is 0 Å². The summed E-state index contributed by atoms with van der Waals surface area (Å²) in [5.74, 6) is -0.0128. The molecule has 122 valence electrons. The van der Waals surface area contributed by atoms with Crippen LogP contribution in [-0.4, -0.2) is 37.8 Å². The molecule has 5 heteroatoms. The molecule has 0 unspecified atom stereocenters. The lowest BCUT2D eigenvalue weighted by Crippen LogP contribution is -2.36. The molecule has 1 aromatic carbocycles. The summed E-state index contributed by atoms with van der Waals surface area (Å²) in [5, 5.41) is 2.92. The predicted molar refractivity (Wildman–Crippen MR) is 85.3 cm³/mol. The highest BCUT2D eigenvalue weighted by atomic mass is 16.5. The van der Waals surface area contributed by atoms with E-state index in [2.05, 4.69) is 17.4 Å². The number of rotatable bonds is 9. The molecule has 0 aliphatic carbocycles. The zero-order valence-electron chi connectivity index (χ0n) is 13.0. The summed E-state index contributed by atoms with van der Waals surface area (Å²) in [6.07, 6.45) is 3.22. The fourth-order valence-corrected chi connectivity index (χ4v) is 2.49. The number of nitrogens with one attached hydrogen (secondary N) is 1. The number of amides is 1. The van der Waals surface area contributed by atoms with Gasteiger partial charge in [-0.05, 0) is 31.2 Å². The van der Waals surface area contributed by atoms with E-state index in [0.29, 0.717) is 26.3 Å². The Balaban J connectivity index is 1.46. The van der Waals surface area contributed by atoms with Crippen LogP contribution >= 0.6 is 0 Å². The summed E-state index contributed by atoms with van der Waals surface area (Å²) in [6.45, 7) is 2.51. The van der Waals surface area contributed by atoms with Crippen LogP contribution in [0, 0.1) is 0 Å². The van der Waals surface area contributed by atoms with Gasteiger partial charge < -0.3 is 20.5 Å². The number of carbonyl (C=O) groups is 1. The molecule has 1 heterocycles. The average Bonchev–Trinajstić information content (AvgIpc) is 3.04. The van der Waals surface area contributed by atoms with Crippen molar-refractivity contribution in [1.82, 2.24) is 5.32 Å². The van der Waals surface area contributed by atoms with Gasteiger partial charge in [-0.1, -0.05) is 30.3 Å². The number of unbranched alkanes of at least 4 members (excludes halogenated alkanes) is 1. The van der Waals surface area contributed by atoms with E-state index in [0.717, 1.165) is 25.7 Å². The normalized spacial score (nSPS) is 21.0. The van der Waals surface area contributed by atoms with E-state index in [-0.39, 0.29) is 18.1 Å². The van der Waals surface area contributed by atoms with Gasteiger partial charge in [-0.3, -0.25) is 4.79 Å². The molecule has 22 heavy (non-hydrogen) atoms. The van der Waals surface area contributed by atoms with Crippen LogP contribution in [0.1, 0.15) is 31.2 Å². The summed E-state index contributed by atoms with van der Waals surface area (Å²) < 4.78 is 11.2. The zero-order valence-corrected chi connectivity index (χ0v) is 13.0. The Morgan fingerprint density at radius 2 is 2.09 bits per heavy atom. The second kappa shape index (κ2) is 9.56. The summed E-state index contributed by atoms with van der Waals surface area (Å²) >= 11 is 0. The molecule has 0 aromatic heterocycles. The van der Waals surface area contributed by atoms with Crippen molar-refractivity contribution in [2.24, 2.45) is 5.73 Å². The van der Waals surface area contributed by atoms with E-state index in [4.69, 9.17) is 15.2 Å². The molecule has 0 bridgehead atoms. The minimum Gasteiger partial charge on any atom is -0.377 e. The quantitative estimate of drug-likeness (QED) is 0.680. The summed E-state index contributed by atoms with van der Waals surface area (Å²) in [7, 11) is 0. The largest absolute Gasteiger partial charge is 0.377 e. The van der Waals surface area contributed by atoms with Crippen molar-refractivity contribution >= 4 is 5.91 Å². The highest BCUT2D eigenvalue weighted by Gasteiger charge is 2.29. The first-order valence-corrected chi connectivity index (χ1v) is 8.04.